The Labute approximate surface area is 154 Å². The molecule has 2 bridgehead atoms. The summed E-state index contributed by atoms with van der Waals surface area (Å²) in [6.07, 6.45) is 5.24. The van der Waals surface area contributed by atoms with Crippen LogP contribution in [-0.2, 0) is 4.79 Å². The molecule has 2 saturated heterocycles. The summed E-state index contributed by atoms with van der Waals surface area (Å²) < 4.78 is 13.3. The van der Waals surface area contributed by atoms with Crippen LogP contribution in [0.1, 0.15) is 49.3 Å². The Morgan fingerprint density at radius 1 is 1.00 bits per heavy atom. The fraction of sp³-hybridized carbons (Fsp3) is 0.409. The summed E-state index contributed by atoms with van der Waals surface area (Å²) in [6, 6.07) is 17.2. The number of hydrogen-bond acceptors (Lipinski definition) is 2. The predicted octanol–water partition coefficient (Wildman–Crippen LogP) is 3.95. The standard InChI is InChI=1S/C22H25FN2O/c23-18-8-6-17(7-9-18)22(16-4-2-1-3-5-16)25-21(26)14-15-12-19-10-11-20(13-15)24-19/h1-9,15,19-20,22,24H,10-14H2,(H,25,26). The van der Waals surface area contributed by atoms with Crippen LogP contribution in [0.5, 0.6) is 0 Å². The summed E-state index contributed by atoms with van der Waals surface area (Å²) in [4.78, 5) is 12.8. The molecule has 2 aliphatic rings. The number of carbonyl (C=O) groups excluding carboxylic acids is 1. The van der Waals surface area contributed by atoms with E-state index in [2.05, 4.69) is 10.6 Å². The molecule has 0 saturated carbocycles. The quantitative estimate of drug-likeness (QED) is 0.855. The van der Waals surface area contributed by atoms with E-state index < -0.39 is 0 Å². The number of carbonyl (C=O) groups is 1. The number of piperidine rings is 1. The molecule has 2 N–H and O–H groups in total. The van der Waals surface area contributed by atoms with Gasteiger partial charge in [-0.25, -0.2) is 4.39 Å². The summed E-state index contributed by atoms with van der Waals surface area (Å²) >= 11 is 0. The second kappa shape index (κ2) is 7.58. The molecule has 2 aromatic carbocycles. The van der Waals surface area contributed by atoms with Crippen molar-refractivity contribution < 1.29 is 9.18 Å². The molecule has 2 aromatic rings. The third kappa shape index (κ3) is 3.96. The van der Waals surface area contributed by atoms with Crippen LogP contribution in [0.3, 0.4) is 0 Å². The van der Waals surface area contributed by atoms with Gasteiger partial charge in [0, 0.05) is 18.5 Å². The Kier molecular flexibility index (Phi) is 5.02. The van der Waals surface area contributed by atoms with Crippen LogP contribution in [0.25, 0.3) is 0 Å². The monoisotopic (exact) mass is 352 g/mol. The molecule has 4 rings (SSSR count). The summed E-state index contributed by atoms with van der Waals surface area (Å²) in [5.74, 6) is 0.268. The van der Waals surface area contributed by atoms with Crippen LogP contribution in [0.4, 0.5) is 4.39 Å². The molecule has 3 nitrogen and oxygen atoms in total. The Bertz CT molecular complexity index is 734. The van der Waals surface area contributed by atoms with Gasteiger partial charge in [-0.05, 0) is 54.9 Å². The number of nitrogens with one attached hydrogen (secondary N) is 2. The van der Waals surface area contributed by atoms with Crippen molar-refractivity contribution in [1.29, 1.82) is 0 Å². The molecule has 4 heteroatoms. The first-order valence-electron chi connectivity index (χ1n) is 9.53. The lowest BCUT2D eigenvalue weighted by atomic mass is 9.89. The fourth-order valence-electron chi connectivity index (χ4n) is 4.48. The second-order valence-corrected chi connectivity index (χ2v) is 7.64. The molecule has 2 fully saturated rings. The zero-order chi connectivity index (χ0) is 17.9. The average Bonchev–Trinajstić information content (AvgIpc) is 3.00. The number of fused-ring (bicyclic) bond motifs is 2. The Morgan fingerprint density at radius 2 is 1.62 bits per heavy atom. The van der Waals surface area contributed by atoms with Crippen molar-refractivity contribution in [3.8, 4) is 0 Å². The first-order chi connectivity index (χ1) is 12.7. The van der Waals surface area contributed by atoms with Crippen LogP contribution >= 0.6 is 0 Å². The van der Waals surface area contributed by atoms with Gasteiger partial charge in [0.1, 0.15) is 5.82 Å². The Hall–Kier alpha value is -2.20. The maximum absolute atomic E-state index is 13.3. The lowest BCUT2D eigenvalue weighted by Crippen LogP contribution is -2.40. The highest BCUT2D eigenvalue weighted by Gasteiger charge is 2.34. The van der Waals surface area contributed by atoms with Gasteiger partial charge in [0.2, 0.25) is 5.91 Å². The number of halogens is 1. The SMILES string of the molecule is O=C(CC1CC2CCC(C1)N2)NC(c1ccccc1)c1ccc(F)cc1. The molecule has 0 spiro atoms. The predicted molar refractivity (Wildman–Crippen MR) is 100 cm³/mol. The van der Waals surface area contributed by atoms with Crippen molar-refractivity contribution >= 4 is 5.91 Å². The van der Waals surface area contributed by atoms with E-state index in [0.29, 0.717) is 24.4 Å². The van der Waals surface area contributed by atoms with Gasteiger partial charge >= 0.3 is 0 Å². The molecule has 0 aliphatic carbocycles. The molecule has 136 valence electrons. The maximum atomic E-state index is 13.3. The van der Waals surface area contributed by atoms with E-state index >= 15 is 0 Å². The van der Waals surface area contributed by atoms with Crippen molar-refractivity contribution in [3.63, 3.8) is 0 Å². The number of hydrogen-bond donors (Lipinski definition) is 2. The topological polar surface area (TPSA) is 41.1 Å². The van der Waals surface area contributed by atoms with E-state index in [4.69, 9.17) is 0 Å². The minimum atomic E-state index is -0.267. The Balaban J connectivity index is 1.47. The van der Waals surface area contributed by atoms with Crippen molar-refractivity contribution in [1.82, 2.24) is 10.6 Å². The molecular weight excluding hydrogens is 327 g/mol. The van der Waals surface area contributed by atoms with E-state index in [-0.39, 0.29) is 17.8 Å². The largest absolute Gasteiger partial charge is 0.345 e. The summed E-state index contributed by atoms with van der Waals surface area (Å²) in [7, 11) is 0. The summed E-state index contributed by atoms with van der Waals surface area (Å²) in [6.45, 7) is 0. The maximum Gasteiger partial charge on any atom is 0.221 e. The first kappa shape index (κ1) is 17.2. The number of rotatable bonds is 5. The number of amides is 1. The van der Waals surface area contributed by atoms with Crippen LogP contribution < -0.4 is 10.6 Å². The third-order valence-electron chi connectivity index (χ3n) is 5.69. The van der Waals surface area contributed by atoms with Gasteiger partial charge in [-0.15, -0.1) is 0 Å². The van der Waals surface area contributed by atoms with Gasteiger partial charge in [-0.1, -0.05) is 42.5 Å². The molecule has 3 unspecified atom stereocenters. The van der Waals surface area contributed by atoms with Crippen molar-refractivity contribution in [2.75, 3.05) is 0 Å². The third-order valence-corrected chi connectivity index (χ3v) is 5.69. The van der Waals surface area contributed by atoms with Gasteiger partial charge in [0.05, 0.1) is 6.04 Å². The zero-order valence-corrected chi connectivity index (χ0v) is 14.8. The molecule has 2 aliphatic heterocycles. The normalized spacial score (nSPS) is 25.7. The van der Waals surface area contributed by atoms with Gasteiger partial charge in [-0.2, -0.15) is 0 Å². The van der Waals surface area contributed by atoms with Gasteiger partial charge in [-0.3, -0.25) is 4.79 Å². The number of benzene rings is 2. The van der Waals surface area contributed by atoms with Crippen LogP contribution in [0.15, 0.2) is 54.6 Å². The van der Waals surface area contributed by atoms with Crippen molar-refractivity contribution in [2.45, 2.75) is 50.2 Å². The van der Waals surface area contributed by atoms with Gasteiger partial charge in [0.15, 0.2) is 0 Å². The lowest BCUT2D eigenvalue weighted by molar-refractivity contribution is -0.122. The van der Waals surface area contributed by atoms with Crippen LogP contribution in [-0.4, -0.2) is 18.0 Å². The van der Waals surface area contributed by atoms with E-state index in [1.54, 1.807) is 12.1 Å². The van der Waals surface area contributed by atoms with E-state index in [1.807, 2.05) is 30.3 Å². The summed E-state index contributed by atoms with van der Waals surface area (Å²) in [5, 5.41) is 6.81. The molecule has 3 atom stereocenters. The van der Waals surface area contributed by atoms with Crippen molar-refractivity contribution in [3.05, 3.63) is 71.5 Å². The van der Waals surface area contributed by atoms with E-state index in [9.17, 15) is 9.18 Å². The molecule has 26 heavy (non-hydrogen) atoms. The smallest absolute Gasteiger partial charge is 0.221 e. The van der Waals surface area contributed by atoms with Crippen LogP contribution in [0.2, 0.25) is 0 Å². The molecule has 2 heterocycles. The highest BCUT2D eigenvalue weighted by atomic mass is 19.1. The minimum Gasteiger partial charge on any atom is -0.345 e. The zero-order valence-electron chi connectivity index (χ0n) is 14.8. The van der Waals surface area contributed by atoms with Gasteiger partial charge < -0.3 is 10.6 Å². The average molecular weight is 352 g/mol. The fourth-order valence-corrected chi connectivity index (χ4v) is 4.48. The molecular formula is C22H25FN2O. The highest BCUT2D eigenvalue weighted by molar-refractivity contribution is 5.77. The lowest BCUT2D eigenvalue weighted by Gasteiger charge is -2.29. The first-order valence-corrected chi connectivity index (χ1v) is 9.53. The van der Waals surface area contributed by atoms with Crippen molar-refractivity contribution in [2.24, 2.45) is 5.92 Å². The van der Waals surface area contributed by atoms with Crippen LogP contribution in [0, 0.1) is 11.7 Å². The molecule has 0 radical (unpaired) electrons. The van der Waals surface area contributed by atoms with Gasteiger partial charge in [0.25, 0.3) is 0 Å². The van der Waals surface area contributed by atoms with E-state index in [1.165, 1.54) is 25.0 Å². The second-order valence-electron chi connectivity index (χ2n) is 7.64. The Morgan fingerprint density at radius 3 is 2.27 bits per heavy atom. The van der Waals surface area contributed by atoms with E-state index in [0.717, 1.165) is 24.0 Å². The minimum absolute atomic E-state index is 0.0782. The molecule has 0 aromatic heterocycles. The highest BCUT2D eigenvalue weighted by Crippen LogP contribution is 2.33. The summed E-state index contributed by atoms with van der Waals surface area (Å²) in [5.41, 5.74) is 1.91. The molecule has 1 amide bonds.